The van der Waals surface area contributed by atoms with E-state index in [4.69, 9.17) is 4.98 Å². The second-order valence-electron chi connectivity index (χ2n) is 6.69. The predicted molar refractivity (Wildman–Crippen MR) is 91.2 cm³/mol. The highest BCUT2D eigenvalue weighted by atomic mass is 32.1. The molecular formula is C17H29N3S. The zero-order chi connectivity index (χ0) is 14.7. The summed E-state index contributed by atoms with van der Waals surface area (Å²) in [5.41, 5.74) is 1.31. The number of anilines is 1. The SMILES string of the molecule is CCCNCc1sc(N(CC2CC2)CC2CC2)nc1CC. The van der Waals surface area contributed by atoms with Crippen molar-refractivity contribution in [3.63, 3.8) is 0 Å². The Kier molecular flexibility index (Phi) is 5.17. The van der Waals surface area contributed by atoms with Gasteiger partial charge in [0.05, 0.1) is 5.69 Å². The van der Waals surface area contributed by atoms with E-state index in [1.165, 1.54) is 60.9 Å². The van der Waals surface area contributed by atoms with Crippen LogP contribution in [0.3, 0.4) is 0 Å². The summed E-state index contributed by atoms with van der Waals surface area (Å²) in [6, 6.07) is 0. The number of hydrogen-bond acceptors (Lipinski definition) is 4. The molecule has 0 aromatic carbocycles. The average Bonchev–Trinajstić information content (AvgIpc) is 3.40. The van der Waals surface area contributed by atoms with Crippen LogP contribution < -0.4 is 10.2 Å². The van der Waals surface area contributed by atoms with Gasteiger partial charge >= 0.3 is 0 Å². The van der Waals surface area contributed by atoms with Crippen molar-refractivity contribution in [2.45, 2.75) is 58.9 Å². The Hall–Kier alpha value is -0.610. The summed E-state index contributed by atoms with van der Waals surface area (Å²) in [5.74, 6) is 1.89. The second-order valence-corrected chi connectivity index (χ2v) is 7.75. The van der Waals surface area contributed by atoms with Gasteiger partial charge in [-0.15, -0.1) is 11.3 Å². The van der Waals surface area contributed by atoms with Crippen LogP contribution in [0, 0.1) is 11.8 Å². The van der Waals surface area contributed by atoms with E-state index in [9.17, 15) is 0 Å². The van der Waals surface area contributed by atoms with Gasteiger partial charge < -0.3 is 10.2 Å². The maximum atomic E-state index is 4.97. The average molecular weight is 308 g/mol. The summed E-state index contributed by atoms with van der Waals surface area (Å²) in [5, 5.41) is 4.83. The molecule has 4 heteroatoms. The summed E-state index contributed by atoms with van der Waals surface area (Å²) in [4.78, 5) is 9.03. The number of nitrogens with one attached hydrogen (secondary N) is 1. The fourth-order valence-corrected chi connectivity index (χ4v) is 3.89. The number of nitrogens with zero attached hydrogens (tertiary/aromatic N) is 2. The fraction of sp³-hybridized carbons (Fsp3) is 0.824. The van der Waals surface area contributed by atoms with Gasteiger partial charge in [0.25, 0.3) is 0 Å². The number of rotatable bonds is 10. The summed E-state index contributed by atoms with van der Waals surface area (Å²) in [6.45, 7) is 9.04. The second kappa shape index (κ2) is 7.10. The molecule has 0 aliphatic heterocycles. The zero-order valence-electron chi connectivity index (χ0n) is 13.5. The third-order valence-electron chi connectivity index (χ3n) is 4.44. The summed E-state index contributed by atoms with van der Waals surface area (Å²) in [7, 11) is 0. The van der Waals surface area contributed by atoms with Gasteiger partial charge in [0.1, 0.15) is 0 Å². The van der Waals surface area contributed by atoms with Crippen molar-refractivity contribution in [3.8, 4) is 0 Å². The molecule has 2 aliphatic rings. The van der Waals surface area contributed by atoms with E-state index in [0.717, 1.165) is 31.3 Å². The van der Waals surface area contributed by atoms with Gasteiger partial charge in [0.2, 0.25) is 0 Å². The monoisotopic (exact) mass is 307 g/mol. The molecule has 0 bridgehead atoms. The Morgan fingerprint density at radius 3 is 2.33 bits per heavy atom. The molecule has 2 fully saturated rings. The van der Waals surface area contributed by atoms with Crippen molar-refractivity contribution in [1.29, 1.82) is 0 Å². The van der Waals surface area contributed by atoms with Gasteiger partial charge in [0.15, 0.2) is 5.13 Å². The van der Waals surface area contributed by atoms with Crippen molar-refractivity contribution in [1.82, 2.24) is 10.3 Å². The van der Waals surface area contributed by atoms with Crippen LogP contribution in [0.25, 0.3) is 0 Å². The molecule has 0 amide bonds. The van der Waals surface area contributed by atoms with E-state index in [-0.39, 0.29) is 0 Å². The Balaban J connectivity index is 1.67. The Morgan fingerprint density at radius 1 is 1.14 bits per heavy atom. The van der Waals surface area contributed by atoms with Gasteiger partial charge in [-0.1, -0.05) is 13.8 Å². The highest BCUT2D eigenvalue weighted by Crippen LogP contribution is 2.37. The molecule has 3 rings (SSSR count). The van der Waals surface area contributed by atoms with Crippen LogP contribution in [0.5, 0.6) is 0 Å². The number of hydrogen-bond donors (Lipinski definition) is 1. The molecule has 1 aromatic heterocycles. The molecule has 118 valence electrons. The normalized spacial score (nSPS) is 18.2. The van der Waals surface area contributed by atoms with Gasteiger partial charge in [-0.3, -0.25) is 0 Å². The van der Waals surface area contributed by atoms with E-state index < -0.39 is 0 Å². The highest BCUT2D eigenvalue weighted by Gasteiger charge is 2.30. The van der Waals surface area contributed by atoms with Crippen LogP contribution in [0.15, 0.2) is 0 Å². The van der Waals surface area contributed by atoms with E-state index >= 15 is 0 Å². The highest BCUT2D eigenvalue weighted by molar-refractivity contribution is 7.15. The summed E-state index contributed by atoms with van der Waals surface area (Å²) in [6.07, 6.45) is 7.97. The van der Waals surface area contributed by atoms with Crippen molar-refractivity contribution >= 4 is 16.5 Å². The van der Waals surface area contributed by atoms with Crippen LogP contribution in [0.4, 0.5) is 5.13 Å². The molecule has 1 aromatic rings. The lowest BCUT2D eigenvalue weighted by molar-refractivity contribution is 0.673. The molecule has 2 saturated carbocycles. The topological polar surface area (TPSA) is 28.2 Å². The number of aryl methyl sites for hydroxylation is 1. The van der Waals surface area contributed by atoms with Crippen molar-refractivity contribution < 1.29 is 0 Å². The van der Waals surface area contributed by atoms with E-state index in [1.807, 2.05) is 11.3 Å². The molecule has 1 N–H and O–H groups in total. The molecule has 0 atom stereocenters. The minimum atomic E-state index is 0.944. The van der Waals surface area contributed by atoms with Crippen molar-refractivity contribution in [2.75, 3.05) is 24.5 Å². The van der Waals surface area contributed by atoms with E-state index in [1.54, 1.807) is 0 Å². The molecule has 3 nitrogen and oxygen atoms in total. The maximum absolute atomic E-state index is 4.97. The first-order chi connectivity index (χ1) is 10.3. The van der Waals surface area contributed by atoms with E-state index in [0.29, 0.717) is 0 Å². The third kappa shape index (κ3) is 4.43. The minimum Gasteiger partial charge on any atom is -0.348 e. The quantitative estimate of drug-likeness (QED) is 0.666. The van der Waals surface area contributed by atoms with Gasteiger partial charge in [0, 0.05) is 24.5 Å². The Labute approximate surface area is 133 Å². The van der Waals surface area contributed by atoms with E-state index in [2.05, 4.69) is 24.1 Å². The fourth-order valence-electron chi connectivity index (χ4n) is 2.75. The smallest absolute Gasteiger partial charge is 0.185 e. The zero-order valence-corrected chi connectivity index (χ0v) is 14.3. The van der Waals surface area contributed by atoms with Crippen molar-refractivity contribution in [2.24, 2.45) is 11.8 Å². The Bertz CT molecular complexity index is 435. The largest absolute Gasteiger partial charge is 0.348 e. The van der Waals surface area contributed by atoms with Crippen LogP contribution in [0.2, 0.25) is 0 Å². The van der Waals surface area contributed by atoms with Crippen LogP contribution in [-0.4, -0.2) is 24.6 Å². The molecule has 0 unspecified atom stereocenters. The van der Waals surface area contributed by atoms with Crippen LogP contribution in [0.1, 0.15) is 56.5 Å². The lowest BCUT2D eigenvalue weighted by Gasteiger charge is -2.21. The standard InChI is InChI=1S/C17H29N3S/c1-3-9-18-10-16-15(4-2)19-17(21-16)20(11-13-5-6-13)12-14-7-8-14/h13-14,18H,3-12H2,1-2H3. The van der Waals surface area contributed by atoms with Crippen LogP contribution >= 0.6 is 11.3 Å². The molecule has 1 heterocycles. The van der Waals surface area contributed by atoms with Crippen molar-refractivity contribution in [3.05, 3.63) is 10.6 Å². The molecule has 2 aliphatic carbocycles. The first kappa shape index (κ1) is 15.3. The number of aromatic nitrogens is 1. The van der Waals surface area contributed by atoms with Gasteiger partial charge in [-0.05, 0) is 56.9 Å². The Morgan fingerprint density at radius 2 is 1.81 bits per heavy atom. The lowest BCUT2D eigenvalue weighted by Crippen LogP contribution is -2.27. The molecule has 0 spiro atoms. The first-order valence-electron chi connectivity index (χ1n) is 8.74. The third-order valence-corrected chi connectivity index (χ3v) is 5.59. The molecule has 0 saturated heterocycles. The van der Waals surface area contributed by atoms with Gasteiger partial charge in [-0.25, -0.2) is 4.98 Å². The predicted octanol–water partition coefficient (Wildman–Crippen LogP) is 3.83. The molecule has 21 heavy (non-hydrogen) atoms. The summed E-state index contributed by atoms with van der Waals surface area (Å²) >= 11 is 1.93. The number of thiazole rings is 1. The molecular weight excluding hydrogens is 278 g/mol. The van der Waals surface area contributed by atoms with Gasteiger partial charge in [-0.2, -0.15) is 0 Å². The first-order valence-corrected chi connectivity index (χ1v) is 9.56. The minimum absolute atomic E-state index is 0.944. The summed E-state index contributed by atoms with van der Waals surface area (Å²) < 4.78 is 0. The lowest BCUT2D eigenvalue weighted by atomic mass is 10.3. The van der Waals surface area contributed by atoms with Crippen LogP contribution in [-0.2, 0) is 13.0 Å². The maximum Gasteiger partial charge on any atom is 0.185 e. The molecule has 0 radical (unpaired) electrons.